The maximum Gasteiger partial charge on any atom is 0.246 e. The Bertz CT molecular complexity index is 382. The second-order valence-corrected chi connectivity index (χ2v) is 6.00. The highest BCUT2D eigenvalue weighted by atomic mass is 16.2. The van der Waals surface area contributed by atoms with Gasteiger partial charge in [0.25, 0.3) is 0 Å². The van der Waals surface area contributed by atoms with Crippen molar-refractivity contribution in [1.29, 1.82) is 0 Å². The molecule has 0 rings (SSSR count). The second kappa shape index (κ2) is 11.4. The van der Waals surface area contributed by atoms with Gasteiger partial charge >= 0.3 is 0 Å². The summed E-state index contributed by atoms with van der Waals surface area (Å²) in [7, 11) is 0. The number of amides is 1. The lowest BCUT2D eigenvalue weighted by atomic mass is 10.0. The summed E-state index contributed by atoms with van der Waals surface area (Å²) in [4.78, 5) is 13.8. The van der Waals surface area contributed by atoms with E-state index in [-0.39, 0.29) is 5.91 Å². The van der Waals surface area contributed by atoms with Crippen molar-refractivity contribution in [2.75, 3.05) is 13.1 Å². The SMILES string of the molecule is CCN(CC)C(=O)/C=C(C)/C=C/CC(C)CCC=C(C)C. The quantitative estimate of drug-likeness (QED) is 0.327. The molecule has 120 valence electrons. The van der Waals surface area contributed by atoms with Gasteiger partial charge in [-0.05, 0) is 65.4 Å². The number of allylic oxidation sites excluding steroid dienone is 5. The normalized spacial score (nSPS) is 13.3. The molecule has 0 aliphatic heterocycles. The number of likely N-dealkylation sites (N-methyl/N-ethyl adjacent to an activating group) is 1. The van der Waals surface area contributed by atoms with Crippen LogP contribution in [0.15, 0.2) is 35.5 Å². The van der Waals surface area contributed by atoms with Crippen molar-refractivity contribution in [2.24, 2.45) is 5.92 Å². The molecule has 1 amide bonds. The molecular formula is C19H33NO. The molecule has 0 spiro atoms. The number of carbonyl (C=O) groups excluding carboxylic acids is 1. The predicted octanol–water partition coefficient (Wildman–Crippen LogP) is 5.13. The minimum Gasteiger partial charge on any atom is -0.340 e. The molecule has 0 aliphatic rings. The van der Waals surface area contributed by atoms with Gasteiger partial charge in [-0.25, -0.2) is 0 Å². The molecule has 2 heteroatoms. The molecule has 0 aliphatic carbocycles. The van der Waals surface area contributed by atoms with Crippen LogP contribution in [0.1, 0.15) is 60.8 Å². The lowest BCUT2D eigenvalue weighted by molar-refractivity contribution is -0.125. The van der Waals surface area contributed by atoms with E-state index in [1.807, 2.05) is 25.7 Å². The van der Waals surface area contributed by atoms with Crippen molar-refractivity contribution in [3.63, 3.8) is 0 Å². The fourth-order valence-electron chi connectivity index (χ4n) is 2.13. The van der Waals surface area contributed by atoms with E-state index in [9.17, 15) is 4.79 Å². The maximum atomic E-state index is 11.9. The Hall–Kier alpha value is -1.31. The first-order chi connectivity index (χ1) is 9.90. The highest BCUT2D eigenvalue weighted by Crippen LogP contribution is 2.13. The molecule has 0 fully saturated rings. The average Bonchev–Trinajstić information content (AvgIpc) is 2.39. The zero-order chi connectivity index (χ0) is 16.3. The summed E-state index contributed by atoms with van der Waals surface area (Å²) in [5.41, 5.74) is 2.43. The molecule has 0 aromatic rings. The highest BCUT2D eigenvalue weighted by Gasteiger charge is 2.05. The molecule has 0 saturated carbocycles. The molecule has 2 nitrogen and oxygen atoms in total. The Morgan fingerprint density at radius 3 is 2.29 bits per heavy atom. The molecule has 0 aromatic heterocycles. The van der Waals surface area contributed by atoms with Crippen molar-refractivity contribution < 1.29 is 4.79 Å². The lowest BCUT2D eigenvalue weighted by Crippen LogP contribution is -2.28. The van der Waals surface area contributed by atoms with Gasteiger partial charge in [0.05, 0.1) is 0 Å². The molecule has 1 unspecified atom stereocenters. The van der Waals surface area contributed by atoms with Gasteiger partial charge in [0.15, 0.2) is 0 Å². The van der Waals surface area contributed by atoms with Crippen LogP contribution in [-0.4, -0.2) is 23.9 Å². The number of hydrogen-bond acceptors (Lipinski definition) is 1. The van der Waals surface area contributed by atoms with E-state index in [1.54, 1.807) is 6.08 Å². The topological polar surface area (TPSA) is 20.3 Å². The third-order valence-electron chi connectivity index (χ3n) is 3.56. The molecule has 0 aromatic carbocycles. The van der Waals surface area contributed by atoms with Crippen LogP contribution in [0.3, 0.4) is 0 Å². The molecular weight excluding hydrogens is 258 g/mol. The fourth-order valence-corrected chi connectivity index (χ4v) is 2.13. The molecule has 0 N–H and O–H groups in total. The summed E-state index contributed by atoms with van der Waals surface area (Å²) in [6, 6.07) is 0. The minimum atomic E-state index is 0.110. The molecule has 21 heavy (non-hydrogen) atoms. The van der Waals surface area contributed by atoms with Gasteiger partial charge in [0.2, 0.25) is 5.91 Å². The van der Waals surface area contributed by atoms with Crippen LogP contribution in [0.2, 0.25) is 0 Å². The standard InChI is InChI=1S/C19H33NO/c1-7-20(8-2)19(21)15-18(6)14-10-13-17(5)12-9-11-16(3)4/h10-11,14-15,17H,7-9,12-13H2,1-6H3/b14-10+,18-15+. The molecule has 0 heterocycles. The fraction of sp³-hybridized carbons (Fsp3) is 0.632. The van der Waals surface area contributed by atoms with Gasteiger partial charge in [-0.15, -0.1) is 0 Å². The lowest BCUT2D eigenvalue weighted by Gasteiger charge is -2.16. The Morgan fingerprint density at radius 1 is 1.14 bits per heavy atom. The summed E-state index contributed by atoms with van der Waals surface area (Å²) >= 11 is 0. The van der Waals surface area contributed by atoms with Gasteiger partial charge in [-0.2, -0.15) is 0 Å². The summed E-state index contributed by atoms with van der Waals surface area (Å²) in [5.74, 6) is 0.793. The van der Waals surface area contributed by atoms with Gasteiger partial charge < -0.3 is 4.90 Å². The summed E-state index contributed by atoms with van der Waals surface area (Å²) in [5, 5.41) is 0. The van der Waals surface area contributed by atoms with E-state index < -0.39 is 0 Å². The van der Waals surface area contributed by atoms with Crippen molar-refractivity contribution in [1.82, 2.24) is 4.90 Å². The summed E-state index contributed by atoms with van der Waals surface area (Å²) < 4.78 is 0. The van der Waals surface area contributed by atoms with Crippen LogP contribution in [-0.2, 0) is 4.79 Å². The van der Waals surface area contributed by atoms with Crippen LogP contribution in [0.4, 0.5) is 0 Å². The summed E-state index contributed by atoms with van der Waals surface area (Å²) in [6.45, 7) is 14.1. The monoisotopic (exact) mass is 291 g/mol. The molecule has 1 atom stereocenters. The third kappa shape index (κ3) is 10.1. The molecule has 0 bridgehead atoms. The van der Waals surface area contributed by atoms with Crippen LogP contribution in [0.5, 0.6) is 0 Å². The van der Waals surface area contributed by atoms with Crippen LogP contribution in [0.25, 0.3) is 0 Å². The largest absolute Gasteiger partial charge is 0.340 e. The van der Waals surface area contributed by atoms with E-state index in [0.29, 0.717) is 5.92 Å². The van der Waals surface area contributed by atoms with Crippen molar-refractivity contribution in [2.45, 2.75) is 60.8 Å². The number of carbonyl (C=O) groups is 1. The number of rotatable bonds is 9. The van der Waals surface area contributed by atoms with Gasteiger partial charge in [0, 0.05) is 19.2 Å². The number of nitrogens with zero attached hydrogens (tertiary/aromatic N) is 1. The van der Waals surface area contributed by atoms with Gasteiger partial charge in [-0.3, -0.25) is 4.79 Å². The van der Waals surface area contributed by atoms with Crippen LogP contribution < -0.4 is 0 Å². The van der Waals surface area contributed by atoms with Gasteiger partial charge in [0.1, 0.15) is 0 Å². The first kappa shape index (κ1) is 19.7. The molecule has 0 saturated heterocycles. The maximum absolute atomic E-state index is 11.9. The Kier molecular flexibility index (Phi) is 10.7. The zero-order valence-electron chi connectivity index (χ0n) is 14.8. The van der Waals surface area contributed by atoms with E-state index in [2.05, 4.69) is 39.0 Å². The Balaban J connectivity index is 4.22. The van der Waals surface area contributed by atoms with Crippen molar-refractivity contribution in [3.05, 3.63) is 35.5 Å². The van der Waals surface area contributed by atoms with Crippen LogP contribution in [0, 0.1) is 5.92 Å². The first-order valence-corrected chi connectivity index (χ1v) is 8.17. The van der Waals surface area contributed by atoms with E-state index in [4.69, 9.17) is 0 Å². The summed E-state index contributed by atoms with van der Waals surface area (Å²) in [6.07, 6.45) is 11.7. The Morgan fingerprint density at radius 2 is 1.76 bits per heavy atom. The third-order valence-corrected chi connectivity index (χ3v) is 3.56. The minimum absolute atomic E-state index is 0.110. The smallest absolute Gasteiger partial charge is 0.246 e. The average molecular weight is 291 g/mol. The number of hydrogen-bond donors (Lipinski definition) is 0. The van der Waals surface area contributed by atoms with Crippen molar-refractivity contribution >= 4 is 5.91 Å². The molecule has 0 radical (unpaired) electrons. The van der Waals surface area contributed by atoms with E-state index in [0.717, 1.165) is 31.5 Å². The van der Waals surface area contributed by atoms with Crippen molar-refractivity contribution in [3.8, 4) is 0 Å². The highest BCUT2D eigenvalue weighted by molar-refractivity contribution is 5.88. The predicted molar refractivity (Wildman–Crippen MR) is 93.3 cm³/mol. The first-order valence-electron chi connectivity index (χ1n) is 8.17. The Labute approximate surface area is 131 Å². The van der Waals surface area contributed by atoms with Gasteiger partial charge in [-0.1, -0.05) is 30.7 Å². The second-order valence-electron chi connectivity index (χ2n) is 6.00. The van der Waals surface area contributed by atoms with E-state index >= 15 is 0 Å². The zero-order valence-corrected chi connectivity index (χ0v) is 14.8. The van der Waals surface area contributed by atoms with E-state index in [1.165, 1.54) is 12.0 Å². The van der Waals surface area contributed by atoms with Crippen LogP contribution >= 0.6 is 0 Å².